The van der Waals surface area contributed by atoms with Crippen molar-refractivity contribution in [1.82, 2.24) is 14.4 Å². The maximum atomic E-state index is 12.5. The summed E-state index contributed by atoms with van der Waals surface area (Å²) in [6.07, 6.45) is -3.28. The number of aromatic amines is 1. The van der Waals surface area contributed by atoms with Crippen LogP contribution in [-0.2, 0) is 6.18 Å². The Hall–Kier alpha value is -1.31. The van der Waals surface area contributed by atoms with Crippen molar-refractivity contribution in [3.8, 4) is 0 Å². The van der Waals surface area contributed by atoms with Gasteiger partial charge in [-0.15, -0.1) is 0 Å². The minimum Gasteiger partial charge on any atom is -0.328 e. The van der Waals surface area contributed by atoms with Crippen molar-refractivity contribution in [2.24, 2.45) is 0 Å². The fourth-order valence-corrected chi connectivity index (χ4v) is 1.81. The summed E-state index contributed by atoms with van der Waals surface area (Å²) in [5.41, 5.74) is -1.46. The molecule has 2 aromatic rings. The summed E-state index contributed by atoms with van der Waals surface area (Å²) in [4.78, 5) is 17.5. The minimum atomic E-state index is -4.66. The molecule has 0 aliphatic heterocycles. The van der Waals surface area contributed by atoms with E-state index in [1.807, 2.05) is 0 Å². The lowest BCUT2D eigenvalue weighted by atomic mass is 10.4. The van der Waals surface area contributed by atoms with E-state index in [9.17, 15) is 18.0 Å². The van der Waals surface area contributed by atoms with E-state index in [0.717, 1.165) is 4.40 Å². The second-order valence-electron chi connectivity index (χ2n) is 3.21. The van der Waals surface area contributed by atoms with E-state index >= 15 is 0 Å². The van der Waals surface area contributed by atoms with Gasteiger partial charge in [0.2, 0.25) is 5.78 Å². The number of H-pyrrole nitrogens is 1. The van der Waals surface area contributed by atoms with Gasteiger partial charge in [0.05, 0.1) is 0 Å². The normalized spacial score (nSPS) is 12.3. The van der Waals surface area contributed by atoms with Crippen molar-refractivity contribution >= 4 is 21.7 Å². The van der Waals surface area contributed by atoms with Crippen molar-refractivity contribution in [2.75, 3.05) is 0 Å². The fourth-order valence-electron chi connectivity index (χ4n) is 1.31. The zero-order valence-electron chi connectivity index (χ0n) is 7.89. The van der Waals surface area contributed by atoms with Crippen LogP contribution in [-0.4, -0.2) is 14.4 Å². The van der Waals surface area contributed by atoms with E-state index in [2.05, 4.69) is 25.9 Å². The third-order valence-corrected chi connectivity index (χ3v) is 2.68. The van der Waals surface area contributed by atoms with Gasteiger partial charge in [-0.2, -0.15) is 13.2 Å². The van der Waals surface area contributed by atoms with Crippen LogP contribution in [0.25, 0.3) is 5.78 Å². The fraction of sp³-hybridized carbons (Fsp3) is 0.250. The molecule has 0 aliphatic rings. The summed E-state index contributed by atoms with van der Waals surface area (Å²) >= 11 is 2.62. The maximum Gasteiger partial charge on any atom is 0.434 e. The number of aromatic nitrogens is 3. The summed E-state index contributed by atoms with van der Waals surface area (Å²) in [6.45, 7) is 1.62. The number of halogens is 4. The van der Waals surface area contributed by atoms with E-state index in [1.54, 1.807) is 6.92 Å². The first-order valence-electron chi connectivity index (χ1n) is 4.15. The van der Waals surface area contributed by atoms with Gasteiger partial charge in [0, 0.05) is 11.9 Å². The Morgan fingerprint density at radius 1 is 1.50 bits per heavy atom. The van der Waals surface area contributed by atoms with Gasteiger partial charge in [0.1, 0.15) is 4.47 Å². The molecule has 0 amide bonds. The van der Waals surface area contributed by atoms with Gasteiger partial charge < -0.3 is 4.98 Å². The smallest absolute Gasteiger partial charge is 0.328 e. The average Bonchev–Trinajstić information content (AvgIpc) is 2.51. The quantitative estimate of drug-likeness (QED) is 0.809. The van der Waals surface area contributed by atoms with Crippen LogP contribution in [0.1, 0.15) is 11.4 Å². The van der Waals surface area contributed by atoms with Crippen molar-refractivity contribution in [3.05, 3.63) is 32.4 Å². The molecule has 8 heteroatoms. The molecule has 2 aromatic heterocycles. The molecule has 0 saturated carbocycles. The zero-order chi connectivity index (χ0) is 12.1. The van der Waals surface area contributed by atoms with Crippen LogP contribution in [0.2, 0.25) is 0 Å². The van der Waals surface area contributed by atoms with E-state index in [-0.39, 0.29) is 5.78 Å². The monoisotopic (exact) mass is 295 g/mol. The molecule has 1 N–H and O–H groups in total. The number of nitrogens with one attached hydrogen (secondary N) is 1. The second kappa shape index (κ2) is 3.34. The van der Waals surface area contributed by atoms with Crippen LogP contribution in [0.3, 0.4) is 0 Å². The molecular weight excluding hydrogens is 291 g/mol. The zero-order valence-corrected chi connectivity index (χ0v) is 9.48. The number of fused-ring (bicyclic) bond motifs is 1. The van der Waals surface area contributed by atoms with Gasteiger partial charge in [-0.3, -0.25) is 9.20 Å². The molecule has 0 aliphatic carbocycles. The Morgan fingerprint density at radius 2 is 2.12 bits per heavy atom. The second-order valence-corrected chi connectivity index (χ2v) is 4.00. The molecule has 0 aromatic carbocycles. The molecule has 0 bridgehead atoms. The van der Waals surface area contributed by atoms with Crippen LogP contribution in [0.4, 0.5) is 13.2 Å². The summed E-state index contributed by atoms with van der Waals surface area (Å²) < 4.78 is 38.0. The van der Waals surface area contributed by atoms with Crippen molar-refractivity contribution in [1.29, 1.82) is 0 Å². The number of aryl methyl sites for hydroxylation is 1. The van der Waals surface area contributed by atoms with Crippen molar-refractivity contribution in [3.63, 3.8) is 0 Å². The molecule has 0 spiro atoms. The van der Waals surface area contributed by atoms with Gasteiger partial charge >= 0.3 is 6.18 Å². The highest BCUT2D eigenvalue weighted by molar-refractivity contribution is 9.10. The van der Waals surface area contributed by atoms with E-state index in [1.165, 1.54) is 6.20 Å². The molecule has 2 heterocycles. The van der Waals surface area contributed by atoms with Crippen LogP contribution in [0.15, 0.2) is 15.5 Å². The summed E-state index contributed by atoms with van der Waals surface area (Å²) in [5.74, 6) is -0.127. The Balaban J connectivity index is 2.89. The lowest BCUT2D eigenvalue weighted by molar-refractivity contribution is -0.141. The number of hydrogen-bond donors (Lipinski definition) is 1. The van der Waals surface area contributed by atoms with Gasteiger partial charge in [0.25, 0.3) is 5.56 Å². The highest BCUT2D eigenvalue weighted by atomic mass is 79.9. The van der Waals surface area contributed by atoms with Gasteiger partial charge in [-0.05, 0) is 22.9 Å². The van der Waals surface area contributed by atoms with E-state index < -0.39 is 21.9 Å². The van der Waals surface area contributed by atoms with Gasteiger partial charge in [-0.1, -0.05) is 0 Å². The average molecular weight is 296 g/mol. The largest absolute Gasteiger partial charge is 0.434 e. The predicted molar refractivity (Wildman–Crippen MR) is 53.3 cm³/mol. The van der Waals surface area contributed by atoms with E-state index in [4.69, 9.17) is 0 Å². The molecule has 0 radical (unpaired) electrons. The lowest BCUT2D eigenvalue weighted by Crippen LogP contribution is -2.21. The van der Waals surface area contributed by atoms with Crippen LogP contribution >= 0.6 is 15.9 Å². The number of alkyl halides is 3. The van der Waals surface area contributed by atoms with Gasteiger partial charge in [-0.25, -0.2) is 4.98 Å². The van der Waals surface area contributed by atoms with Crippen LogP contribution in [0, 0.1) is 6.92 Å². The van der Waals surface area contributed by atoms with E-state index in [0.29, 0.717) is 5.69 Å². The molecule has 0 saturated heterocycles. The standard InChI is InChI=1S/C8H5BrF3N3O/c1-3-2-15-6(16)4(9)5(8(10,11)12)14-7(15)13-3/h2H,1H3,(H,13,14). The van der Waals surface area contributed by atoms with Crippen LogP contribution in [0.5, 0.6) is 0 Å². The number of rotatable bonds is 0. The van der Waals surface area contributed by atoms with Crippen molar-refractivity contribution in [2.45, 2.75) is 13.1 Å². The highest BCUT2D eigenvalue weighted by Crippen LogP contribution is 2.31. The molecule has 16 heavy (non-hydrogen) atoms. The molecule has 0 fully saturated rings. The highest BCUT2D eigenvalue weighted by Gasteiger charge is 2.37. The van der Waals surface area contributed by atoms with Crippen LogP contribution < -0.4 is 5.56 Å². The molecule has 0 atom stereocenters. The summed E-state index contributed by atoms with van der Waals surface area (Å²) in [5, 5.41) is 0. The Morgan fingerprint density at radius 3 is 2.69 bits per heavy atom. The minimum absolute atomic E-state index is 0.127. The molecular formula is C8H5BrF3N3O. The van der Waals surface area contributed by atoms with Crippen molar-refractivity contribution < 1.29 is 13.2 Å². The first-order chi connectivity index (χ1) is 7.30. The first kappa shape index (κ1) is 11.2. The molecule has 86 valence electrons. The maximum absolute atomic E-state index is 12.5. The summed E-state index contributed by atoms with van der Waals surface area (Å²) in [6, 6.07) is 0. The Bertz CT molecular complexity index is 613. The topological polar surface area (TPSA) is 50.2 Å². The Labute approximate surface area is 95.2 Å². The predicted octanol–water partition coefficient (Wildman–Crippen LogP) is 2.11. The number of imidazole rings is 1. The summed E-state index contributed by atoms with van der Waals surface area (Å²) in [7, 11) is 0. The molecule has 0 unspecified atom stereocenters. The Kier molecular flexibility index (Phi) is 2.33. The first-order valence-corrected chi connectivity index (χ1v) is 4.94. The lowest BCUT2D eigenvalue weighted by Gasteiger charge is -2.07. The SMILES string of the molecule is Cc1cn2c(=O)c(Br)c(C(F)(F)F)nc2[nH]1. The van der Waals surface area contributed by atoms with Gasteiger partial charge in [0.15, 0.2) is 5.69 Å². The third kappa shape index (κ3) is 1.62. The number of nitrogens with zero attached hydrogens (tertiary/aromatic N) is 2. The number of hydrogen-bond acceptors (Lipinski definition) is 2. The molecule has 4 nitrogen and oxygen atoms in total. The molecule has 2 rings (SSSR count). The third-order valence-electron chi connectivity index (χ3n) is 1.96.